The zero-order chi connectivity index (χ0) is 15.6. The van der Waals surface area contributed by atoms with Gasteiger partial charge in [0.2, 0.25) is 0 Å². The number of nitrogens with zero attached hydrogens (tertiary/aromatic N) is 1. The lowest BCUT2D eigenvalue weighted by Crippen LogP contribution is -2.38. The fourth-order valence-electron chi connectivity index (χ4n) is 2.63. The van der Waals surface area contributed by atoms with Gasteiger partial charge in [-0.1, -0.05) is 30.3 Å². The van der Waals surface area contributed by atoms with Gasteiger partial charge in [0, 0.05) is 32.8 Å². The van der Waals surface area contributed by atoms with Crippen molar-refractivity contribution in [1.29, 1.82) is 0 Å². The molecule has 22 heavy (non-hydrogen) atoms. The van der Waals surface area contributed by atoms with E-state index in [-0.39, 0.29) is 0 Å². The molecule has 2 N–H and O–H groups in total. The highest BCUT2D eigenvalue weighted by atomic mass is 16.5. The predicted octanol–water partition coefficient (Wildman–Crippen LogP) is 2.77. The van der Waals surface area contributed by atoms with Crippen molar-refractivity contribution in [3.8, 4) is 0 Å². The molecule has 2 rings (SSSR count). The second-order valence-electron chi connectivity index (χ2n) is 5.71. The number of rotatable bonds is 9. The van der Waals surface area contributed by atoms with Crippen LogP contribution in [0.5, 0.6) is 0 Å². The van der Waals surface area contributed by atoms with Crippen LogP contribution in [0.1, 0.15) is 38.2 Å². The maximum absolute atomic E-state index is 5.35. The van der Waals surface area contributed by atoms with E-state index in [4.69, 9.17) is 9.73 Å². The lowest BCUT2D eigenvalue weighted by atomic mass is 10.1. The Kier molecular flexibility index (Phi) is 7.23. The number of ether oxygens (including phenoxy) is 1. The quantitative estimate of drug-likeness (QED) is 0.419. The van der Waals surface area contributed by atoms with Crippen molar-refractivity contribution in [2.75, 3.05) is 32.8 Å². The predicted molar refractivity (Wildman–Crippen MR) is 92.4 cm³/mol. The Hall–Kier alpha value is -1.55. The first-order chi connectivity index (χ1) is 10.8. The molecule has 1 fully saturated rings. The van der Waals surface area contributed by atoms with Crippen molar-refractivity contribution in [2.24, 2.45) is 10.9 Å². The molecule has 1 aromatic rings. The Labute approximate surface area is 134 Å². The Morgan fingerprint density at radius 2 is 2.05 bits per heavy atom. The molecular weight excluding hydrogens is 274 g/mol. The first-order valence-electron chi connectivity index (χ1n) is 8.50. The maximum Gasteiger partial charge on any atom is 0.191 e. The summed E-state index contributed by atoms with van der Waals surface area (Å²) >= 11 is 0. The number of hydrogen-bond acceptors (Lipinski definition) is 2. The highest BCUT2D eigenvalue weighted by Gasteiger charge is 2.37. The molecule has 1 aliphatic carbocycles. The normalized spacial score (nSPS) is 20.7. The second-order valence-corrected chi connectivity index (χ2v) is 5.71. The SMILES string of the molecule is CCNC(=NCC1CC1c1ccccc1)NCCCOCC. The molecule has 0 aromatic heterocycles. The first kappa shape index (κ1) is 16.8. The van der Waals surface area contributed by atoms with Crippen LogP contribution in [-0.4, -0.2) is 38.8 Å². The molecule has 122 valence electrons. The molecular formula is C18H29N3O. The zero-order valence-electron chi connectivity index (χ0n) is 13.8. The number of aliphatic imine (C=N–C) groups is 1. The summed E-state index contributed by atoms with van der Waals surface area (Å²) in [5, 5.41) is 6.69. The number of benzene rings is 1. The molecule has 1 saturated carbocycles. The van der Waals surface area contributed by atoms with Crippen LogP contribution in [0.2, 0.25) is 0 Å². The summed E-state index contributed by atoms with van der Waals surface area (Å²) < 4.78 is 5.35. The van der Waals surface area contributed by atoms with E-state index in [2.05, 4.69) is 47.9 Å². The van der Waals surface area contributed by atoms with Crippen molar-refractivity contribution >= 4 is 5.96 Å². The van der Waals surface area contributed by atoms with Crippen molar-refractivity contribution in [2.45, 2.75) is 32.6 Å². The number of hydrogen-bond donors (Lipinski definition) is 2. The van der Waals surface area contributed by atoms with Crippen LogP contribution in [-0.2, 0) is 4.74 Å². The van der Waals surface area contributed by atoms with Gasteiger partial charge in [-0.05, 0) is 44.1 Å². The van der Waals surface area contributed by atoms with Crippen molar-refractivity contribution < 1.29 is 4.74 Å². The van der Waals surface area contributed by atoms with Crippen molar-refractivity contribution in [3.05, 3.63) is 35.9 Å². The van der Waals surface area contributed by atoms with Gasteiger partial charge in [0.1, 0.15) is 0 Å². The molecule has 1 aromatic carbocycles. The third-order valence-corrected chi connectivity index (χ3v) is 3.94. The van der Waals surface area contributed by atoms with Gasteiger partial charge in [0.15, 0.2) is 5.96 Å². The maximum atomic E-state index is 5.35. The molecule has 0 spiro atoms. The molecule has 0 bridgehead atoms. The van der Waals surface area contributed by atoms with Crippen LogP contribution in [0.3, 0.4) is 0 Å². The summed E-state index contributed by atoms with van der Waals surface area (Å²) in [6.07, 6.45) is 2.27. The molecule has 0 radical (unpaired) electrons. The Morgan fingerprint density at radius 3 is 2.77 bits per heavy atom. The van der Waals surface area contributed by atoms with E-state index in [1.54, 1.807) is 0 Å². The smallest absolute Gasteiger partial charge is 0.191 e. The largest absolute Gasteiger partial charge is 0.382 e. The van der Waals surface area contributed by atoms with Gasteiger partial charge in [-0.15, -0.1) is 0 Å². The van der Waals surface area contributed by atoms with Gasteiger partial charge < -0.3 is 15.4 Å². The molecule has 0 saturated heterocycles. The fraction of sp³-hybridized carbons (Fsp3) is 0.611. The summed E-state index contributed by atoms with van der Waals surface area (Å²) in [6, 6.07) is 10.8. The highest BCUT2D eigenvalue weighted by molar-refractivity contribution is 5.79. The summed E-state index contributed by atoms with van der Waals surface area (Å²) in [4.78, 5) is 4.72. The van der Waals surface area contributed by atoms with E-state index >= 15 is 0 Å². The first-order valence-corrected chi connectivity index (χ1v) is 8.50. The average Bonchev–Trinajstić information content (AvgIpc) is 3.33. The van der Waals surface area contributed by atoms with Gasteiger partial charge in [0.25, 0.3) is 0 Å². The minimum absolute atomic E-state index is 0.696. The third kappa shape index (κ3) is 5.68. The standard InChI is InChI=1S/C18H29N3O/c1-3-19-18(20-11-8-12-22-4-2)21-14-16-13-17(16)15-9-6-5-7-10-15/h5-7,9-10,16-17H,3-4,8,11-14H2,1-2H3,(H2,19,20,21). The lowest BCUT2D eigenvalue weighted by molar-refractivity contribution is 0.145. The average molecular weight is 303 g/mol. The van der Waals surface area contributed by atoms with E-state index in [0.717, 1.165) is 45.2 Å². The van der Waals surface area contributed by atoms with E-state index in [1.165, 1.54) is 12.0 Å². The summed E-state index contributed by atoms with van der Waals surface area (Å²) in [5.41, 5.74) is 1.46. The topological polar surface area (TPSA) is 45.7 Å². The van der Waals surface area contributed by atoms with Crippen molar-refractivity contribution in [1.82, 2.24) is 10.6 Å². The Balaban J connectivity index is 1.72. The van der Waals surface area contributed by atoms with E-state index in [0.29, 0.717) is 11.8 Å². The minimum atomic E-state index is 0.696. The number of guanidine groups is 1. The summed E-state index contributed by atoms with van der Waals surface area (Å²) in [5.74, 6) is 2.32. The highest BCUT2D eigenvalue weighted by Crippen LogP contribution is 2.47. The second kappa shape index (κ2) is 9.46. The van der Waals surface area contributed by atoms with Crippen LogP contribution < -0.4 is 10.6 Å². The molecule has 2 unspecified atom stereocenters. The zero-order valence-corrected chi connectivity index (χ0v) is 13.8. The van der Waals surface area contributed by atoms with Crippen LogP contribution in [0.4, 0.5) is 0 Å². The van der Waals surface area contributed by atoms with Gasteiger partial charge in [0.05, 0.1) is 0 Å². The van der Waals surface area contributed by atoms with Gasteiger partial charge >= 0.3 is 0 Å². The van der Waals surface area contributed by atoms with E-state index < -0.39 is 0 Å². The Bertz CT molecular complexity index is 447. The molecule has 0 amide bonds. The summed E-state index contributed by atoms with van der Waals surface area (Å²) in [6.45, 7) is 8.42. The lowest BCUT2D eigenvalue weighted by Gasteiger charge is -2.11. The van der Waals surface area contributed by atoms with Gasteiger partial charge in [-0.2, -0.15) is 0 Å². The van der Waals surface area contributed by atoms with Crippen molar-refractivity contribution in [3.63, 3.8) is 0 Å². The Morgan fingerprint density at radius 1 is 1.23 bits per heavy atom. The van der Waals surface area contributed by atoms with Crippen LogP contribution in [0.25, 0.3) is 0 Å². The van der Waals surface area contributed by atoms with Gasteiger partial charge in [-0.25, -0.2) is 0 Å². The van der Waals surface area contributed by atoms with E-state index in [9.17, 15) is 0 Å². The fourth-order valence-corrected chi connectivity index (χ4v) is 2.63. The molecule has 0 aliphatic heterocycles. The number of nitrogens with one attached hydrogen (secondary N) is 2. The van der Waals surface area contributed by atoms with E-state index in [1.807, 2.05) is 6.92 Å². The van der Waals surface area contributed by atoms with Crippen LogP contribution >= 0.6 is 0 Å². The molecule has 1 aliphatic rings. The molecule has 4 heteroatoms. The molecule has 0 heterocycles. The summed E-state index contributed by atoms with van der Waals surface area (Å²) in [7, 11) is 0. The monoisotopic (exact) mass is 303 g/mol. The van der Waals surface area contributed by atoms with Crippen LogP contribution in [0, 0.1) is 5.92 Å². The molecule has 2 atom stereocenters. The van der Waals surface area contributed by atoms with Crippen LogP contribution in [0.15, 0.2) is 35.3 Å². The van der Waals surface area contributed by atoms with Gasteiger partial charge in [-0.3, -0.25) is 4.99 Å². The minimum Gasteiger partial charge on any atom is -0.382 e. The third-order valence-electron chi connectivity index (χ3n) is 3.94. The molecule has 4 nitrogen and oxygen atoms in total.